The molecule has 20 heavy (non-hydrogen) atoms. The maximum absolute atomic E-state index is 11.8. The smallest absolute Gasteiger partial charge is 0.273 e. The molecule has 2 rings (SSSR count). The zero-order valence-electron chi connectivity index (χ0n) is 11.0. The zero-order valence-corrected chi connectivity index (χ0v) is 11.0. The highest BCUT2D eigenvalue weighted by Crippen LogP contribution is 2.11. The molecule has 7 heteroatoms. The molecule has 1 saturated heterocycles. The molecule has 0 bridgehead atoms. The number of nitrogens with one attached hydrogen (secondary N) is 1. The number of aromatic hydroxyl groups is 1. The number of hydrogen-bond donors (Lipinski definition) is 2. The number of aromatic nitrogens is 1. The fraction of sp³-hybridized carbons (Fsp3) is 0.462. The summed E-state index contributed by atoms with van der Waals surface area (Å²) in [4.78, 5) is 29.1. The van der Waals surface area contributed by atoms with Crippen LogP contribution in [0.25, 0.3) is 0 Å². The van der Waals surface area contributed by atoms with Gasteiger partial charge in [0.25, 0.3) is 5.91 Å². The summed E-state index contributed by atoms with van der Waals surface area (Å²) in [5.74, 6) is -0.679. The Morgan fingerprint density at radius 1 is 1.40 bits per heavy atom. The highest BCUT2D eigenvalue weighted by atomic mass is 16.5. The average molecular weight is 279 g/mol. The van der Waals surface area contributed by atoms with Crippen molar-refractivity contribution in [3.63, 3.8) is 0 Å². The lowest BCUT2D eigenvalue weighted by Gasteiger charge is -2.26. The monoisotopic (exact) mass is 279 g/mol. The summed E-state index contributed by atoms with van der Waals surface area (Å²) < 4.78 is 5.16. The van der Waals surface area contributed by atoms with Crippen molar-refractivity contribution in [1.29, 1.82) is 0 Å². The molecule has 0 aliphatic carbocycles. The van der Waals surface area contributed by atoms with E-state index in [4.69, 9.17) is 4.74 Å². The molecule has 0 atom stereocenters. The standard InChI is InChI=1S/C13H17N3O4/c17-10-2-1-4-14-12(10)13(19)15-5-3-11(18)16-6-8-20-9-7-16/h1-2,4,17H,3,5-9H2,(H,15,19). The minimum absolute atomic E-state index is 0.0150. The molecule has 2 N–H and O–H groups in total. The molecule has 0 unspecified atom stereocenters. The molecule has 1 aromatic rings. The van der Waals surface area contributed by atoms with E-state index in [2.05, 4.69) is 10.3 Å². The summed E-state index contributed by atoms with van der Waals surface area (Å²) in [5, 5.41) is 12.1. The van der Waals surface area contributed by atoms with Crippen molar-refractivity contribution >= 4 is 11.8 Å². The van der Waals surface area contributed by atoms with E-state index in [1.807, 2.05) is 0 Å². The van der Waals surface area contributed by atoms with E-state index in [9.17, 15) is 14.7 Å². The molecule has 0 spiro atoms. The van der Waals surface area contributed by atoms with Crippen molar-refractivity contribution in [2.45, 2.75) is 6.42 Å². The number of carbonyl (C=O) groups is 2. The van der Waals surface area contributed by atoms with Gasteiger partial charge in [0.15, 0.2) is 5.69 Å². The van der Waals surface area contributed by atoms with Gasteiger partial charge in [-0.15, -0.1) is 0 Å². The maximum atomic E-state index is 11.8. The van der Waals surface area contributed by atoms with Gasteiger partial charge in [0.2, 0.25) is 5.91 Å². The minimum atomic E-state index is -0.488. The van der Waals surface area contributed by atoms with E-state index in [-0.39, 0.29) is 30.3 Å². The lowest BCUT2D eigenvalue weighted by atomic mass is 10.3. The molecule has 7 nitrogen and oxygen atoms in total. The van der Waals surface area contributed by atoms with Gasteiger partial charge in [-0.3, -0.25) is 9.59 Å². The molecule has 0 radical (unpaired) electrons. The number of rotatable bonds is 4. The number of amides is 2. The van der Waals surface area contributed by atoms with Gasteiger partial charge in [-0.1, -0.05) is 0 Å². The molecule has 1 aliphatic heterocycles. The molecule has 1 aromatic heterocycles. The summed E-state index contributed by atoms with van der Waals surface area (Å²) in [5.41, 5.74) is -0.0358. The Kier molecular flexibility index (Phi) is 4.89. The number of nitrogens with zero attached hydrogens (tertiary/aromatic N) is 2. The fourth-order valence-electron chi connectivity index (χ4n) is 1.91. The van der Waals surface area contributed by atoms with Crippen molar-refractivity contribution in [2.75, 3.05) is 32.8 Å². The third-order valence-corrected chi connectivity index (χ3v) is 2.99. The van der Waals surface area contributed by atoms with E-state index in [0.717, 1.165) is 0 Å². The Bertz CT molecular complexity index is 486. The van der Waals surface area contributed by atoms with Crippen molar-refractivity contribution in [3.05, 3.63) is 24.0 Å². The van der Waals surface area contributed by atoms with Gasteiger partial charge in [0, 0.05) is 32.3 Å². The van der Waals surface area contributed by atoms with E-state index in [1.165, 1.54) is 18.3 Å². The molecule has 2 amide bonds. The summed E-state index contributed by atoms with van der Waals surface area (Å²) in [6.45, 7) is 2.51. The van der Waals surface area contributed by atoms with Gasteiger partial charge in [0.05, 0.1) is 13.2 Å². The predicted octanol–water partition coefficient (Wildman–Crippen LogP) is -0.234. The second-order valence-electron chi connectivity index (χ2n) is 4.37. The van der Waals surface area contributed by atoms with Crippen molar-refractivity contribution in [1.82, 2.24) is 15.2 Å². The van der Waals surface area contributed by atoms with Crippen LogP contribution in [0.3, 0.4) is 0 Å². The molecule has 0 saturated carbocycles. The van der Waals surface area contributed by atoms with Crippen LogP contribution in [0.1, 0.15) is 16.9 Å². The van der Waals surface area contributed by atoms with Gasteiger partial charge in [-0.2, -0.15) is 0 Å². The minimum Gasteiger partial charge on any atom is -0.505 e. The van der Waals surface area contributed by atoms with Crippen LogP contribution in [0, 0.1) is 0 Å². The number of carbonyl (C=O) groups excluding carboxylic acids is 2. The second kappa shape index (κ2) is 6.85. The van der Waals surface area contributed by atoms with Gasteiger partial charge in [-0.05, 0) is 12.1 Å². The number of morpholine rings is 1. The average Bonchev–Trinajstić information content (AvgIpc) is 2.48. The Morgan fingerprint density at radius 3 is 2.85 bits per heavy atom. The molecular formula is C13H17N3O4. The highest BCUT2D eigenvalue weighted by molar-refractivity contribution is 5.94. The number of hydrogen-bond acceptors (Lipinski definition) is 5. The molecule has 1 aliphatic rings. The third-order valence-electron chi connectivity index (χ3n) is 2.99. The van der Waals surface area contributed by atoms with Crippen LogP contribution in [0.15, 0.2) is 18.3 Å². The fourth-order valence-corrected chi connectivity index (χ4v) is 1.91. The van der Waals surface area contributed by atoms with Crippen LogP contribution in [0.4, 0.5) is 0 Å². The van der Waals surface area contributed by atoms with E-state index < -0.39 is 5.91 Å². The van der Waals surface area contributed by atoms with E-state index in [0.29, 0.717) is 26.3 Å². The lowest BCUT2D eigenvalue weighted by Crippen LogP contribution is -2.42. The Labute approximate surface area is 116 Å². The van der Waals surface area contributed by atoms with Crippen molar-refractivity contribution in [3.8, 4) is 5.75 Å². The number of ether oxygens (including phenoxy) is 1. The van der Waals surface area contributed by atoms with E-state index >= 15 is 0 Å². The Morgan fingerprint density at radius 2 is 2.15 bits per heavy atom. The van der Waals surface area contributed by atoms with Crippen molar-refractivity contribution < 1.29 is 19.4 Å². The molecule has 1 fully saturated rings. The maximum Gasteiger partial charge on any atom is 0.273 e. The second-order valence-corrected chi connectivity index (χ2v) is 4.37. The van der Waals surface area contributed by atoms with Gasteiger partial charge >= 0.3 is 0 Å². The van der Waals surface area contributed by atoms with Crippen LogP contribution >= 0.6 is 0 Å². The normalized spacial score (nSPS) is 14.9. The SMILES string of the molecule is O=C(NCCC(=O)N1CCOCC1)c1ncccc1O. The van der Waals surface area contributed by atoms with Crippen LogP contribution < -0.4 is 5.32 Å². The van der Waals surface area contributed by atoms with Gasteiger partial charge < -0.3 is 20.1 Å². The number of pyridine rings is 1. The lowest BCUT2D eigenvalue weighted by molar-refractivity contribution is -0.135. The van der Waals surface area contributed by atoms with Crippen LogP contribution in [0.5, 0.6) is 5.75 Å². The first kappa shape index (κ1) is 14.3. The first-order valence-electron chi connectivity index (χ1n) is 6.46. The Balaban J connectivity index is 1.76. The zero-order chi connectivity index (χ0) is 14.4. The van der Waals surface area contributed by atoms with Crippen LogP contribution in [0.2, 0.25) is 0 Å². The van der Waals surface area contributed by atoms with Gasteiger partial charge in [-0.25, -0.2) is 4.98 Å². The molecular weight excluding hydrogens is 262 g/mol. The summed E-state index contributed by atoms with van der Waals surface area (Å²) in [6, 6.07) is 2.93. The first-order valence-corrected chi connectivity index (χ1v) is 6.46. The first-order chi connectivity index (χ1) is 9.68. The third kappa shape index (κ3) is 3.67. The van der Waals surface area contributed by atoms with E-state index in [1.54, 1.807) is 4.90 Å². The topological polar surface area (TPSA) is 91.8 Å². The Hall–Kier alpha value is -2.15. The van der Waals surface area contributed by atoms with Crippen molar-refractivity contribution in [2.24, 2.45) is 0 Å². The van der Waals surface area contributed by atoms with Crippen LogP contribution in [-0.2, 0) is 9.53 Å². The van der Waals surface area contributed by atoms with Crippen LogP contribution in [-0.4, -0.2) is 59.7 Å². The highest BCUT2D eigenvalue weighted by Gasteiger charge is 2.17. The predicted molar refractivity (Wildman–Crippen MR) is 70.3 cm³/mol. The molecule has 0 aromatic carbocycles. The summed E-state index contributed by atoms with van der Waals surface area (Å²) in [7, 11) is 0. The molecule has 108 valence electrons. The molecule has 2 heterocycles. The van der Waals surface area contributed by atoms with Gasteiger partial charge in [0.1, 0.15) is 5.75 Å². The summed E-state index contributed by atoms with van der Waals surface area (Å²) >= 11 is 0. The summed E-state index contributed by atoms with van der Waals surface area (Å²) in [6.07, 6.45) is 1.65. The quantitative estimate of drug-likeness (QED) is 0.794. The largest absolute Gasteiger partial charge is 0.505 e.